The van der Waals surface area contributed by atoms with E-state index >= 15 is 0 Å². The van der Waals surface area contributed by atoms with Crippen LogP contribution in [0, 0.1) is 22.0 Å². The maximum atomic E-state index is 13.6. The van der Waals surface area contributed by atoms with E-state index in [0.717, 1.165) is 19.3 Å². The Hall–Kier alpha value is -3.55. The van der Waals surface area contributed by atoms with Crippen LogP contribution in [0.4, 0.5) is 11.5 Å². The van der Waals surface area contributed by atoms with Gasteiger partial charge in [0.05, 0.1) is 22.5 Å². The zero-order chi connectivity index (χ0) is 21.7. The molecule has 1 fully saturated rings. The smallest absolute Gasteiger partial charge is 0.295 e. The number of Topliss-reactive ketones (excluding diaryl/α,β-unsaturated/α-hetero) is 1. The van der Waals surface area contributed by atoms with E-state index in [-0.39, 0.29) is 29.3 Å². The molecule has 0 saturated heterocycles. The lowest BCUT2D eigenvalue weighted by atomic mass is 9.74. The molecule has 3 heterocycles. The molecule has 4 atom stereocenters. The lowest BCUT2D eigenvalue weighted by Gasteiger charge is -2.37. The third kappa shape index (κ3) is 3.10. The Morgan fingerprint density at radius 2 is 1.90 bits per heavy atom. The summed E-state index contributed by atoms with van der Waals surface area (Å²) >= 11 is 0. The highest BCUT2D eigenvalue weighted by atomic mass is 16.6. The van der Waals surface area contributed by atoms with Gasteiger partial charge in [0.25, 0.3) is 11.6 Å². The summed E-state index contributed by atoms with van der Waals surface area (Å²) < 4.78 is 6.14. The van der Waals surface area contributed by atoms with E-state index < -0.39 is 16.9 Å². The minimum Gasteiger partial charge on any atom is -0.483 e. The molecule has 8 nitrogen and oxygen atoms in total. The number of aromatic nitrogens is 1. The highest BCUT2D eigenvalue weighted by Gasteiger charge is 2.53. The quantitative estimate of drug-likeness (QED) is 0.555. The molecule has 2 aromatic rings. The van der Waals surface area contributed by atoms with Crippen molar-refractivity contribution in [1.29, 1.82) is 0 Å². The van der Waals surface area contributed by atoms with Gasteiger partial charge in [-0.3, -0.25) is 24.6 Å². The molecule has 1 amide bonds. The normalized spacial score (nSPS) is 27.6. The second-order valence-electron chi connectivity index (χ2n) is 8.40. The molecule has 1 aliphatic carbocycles. The SMILES string of the molecule is CC1CCC2OC3=C(C(=O)C2C1)C(c1ccc([N+](=O)[O-])cc1)N(c1ccccn1)C3=O. The Balaban J connectivity index is 1.63. The van der Waals surface area contributed by atoms with Gasteiger partial charge in [0.2, 0.25) is 0 Å². The third-order valence-corrected chi connectivity index (χ3v) is 6.43. The van der Waals surface area contributed by atoms with Crippen LogP contribution < -0.4 is 4.90 Å². The van der Waals surface area contributed by atoms with Gasteiger partial charge in [0.1, 0.15) is 11.9 Å². The second kappa shape index (κ2) is 7.30. The van der Waals surface area contributed by atoms with E-state index in [2.05, 4.69) is 11.9 Å². The molecule has 0 bridgehead atoms. The standard InChI is InChI=1S/C23H21N3O5/c1-13-5-10-17-16(12-13)21(27)19-20(14-6-8-15(9-7-14)26(29)30)25(23(28)22(19)31-17)18-4-2-3-11-24-18/h2-4,6-9,11,13,16-17,20H,5,10,12H2,1H3. The van der Waals surface area contributed by atoms with Crippen molar-refractivity contribution in [3.8, 4) is 0 Å². The first-order chi connectivity index (χ1) is 15.0. The van der Waals surface area contributed by atoms with Crippen molar-refractivity contribution in [2.75, 3.05) is 4.90 Å². The van der Waals surface area contributed by atoms with Crippen LogP contribution in [0.1, 0.15) is 37.8 Å². The molecule has 2 aliphatic heterocycles. The number of nitro groups is 1. The summed E-state index contributed by atoms with van der Waals surface area (Å²) in [5, 5.41) is 11.1. The first-order valence-electron chi connectivity index (χ1n) is 10.4. The van der Waals surface area contributed by atoms with E-state index in [9.17, 15) is 19.7 Å². The minimum absolute atomic E-state index is 0.0564. The predicted molar refractivity (Wildman–Crippen MR) is 111 cm³/mol. The average molecular weight is 419 g/mol. The van der Waals surface area contributed by atoms with Crippen molar-refractivity contribution in [3.63, 3.8) is 0 Å². The molecule has 4 unspecified atom stereocenters. The van der Waals surface area contributed by atoms with Gasteiger partial charge in [-0.25, -0.2) is 4.98 Å². The lowest BCUT2D eigenvalue weighted by molar-refractivity contribution is -0.384. The Morgan fingerprint density at radius 3 is 2.58 bits per heavy atom. The number of anilines is 1. The van der Waals surface area contributed by atoms with Crippen molar-refractivity contribution >= 4 is 23.2 Å². The van der Waals surface area contributed by atoms with Gasteiger partial charge in [0.15, 0.2) is 11.5 Å². The molecule has 158 valence electrons. The Bertz CT molecular complexity index is 1100. The average Bonchev–Trinajstić information content (AvgIpc) is 3.07. The van der Waals surface area contributed by atoms with Crippen LogP contribution in [0.2, 0.25) is 0 Å². The monoisotopic (exact) mass is 419 g/mol. The van der Waals surface area contributed by atoms with Gasteiger partial charge >= 0.3 is 0 Å². The number of carbonyl (C=O) groups excluding carboxylic acids is 2. The molecule has 1 saturated carbocycles. The van der Waals surface area contributed by atoms with Crippen LogP contribution in [0.15, 0.2) is 60.0 Å². The topological polar surface area (TPSA) is 103 Å². The predicted octanol–water partition coefficient (Wildman–Crippen LogP) is 3.74. The van der Waals surface area contributed by atoms with Crippen LogP contribution >= 0.6 is 0 Å². The van der Waals surface area contributed by atoms with Crippen molar-refractivity contribution in [2.45, 2.75) is 38.3 Å². The Morgan fingerprint density at radius 1 is 1.13 bits per heavy atom. The molecule has 1 aromatic heterocycles. The highest BCUT2D eigenvalue weighted by molar-refractivity contribution is 6.17. The largest absolute Gasteiger partial charge is 0.483 e. The zero-order valence-corrected chi connectivity index (χ0v) is 16.9. The first kappa shape index (κ1) is 19.4. The Labute approximate surface area is 178 Å². The van der Waals surface area contributed by atoms with E-state index in [4.69, 9.17) is 4.74 Å². The number of pyridine rings is 1. The summed E-state index contributed by atoms with van der Waals surface area (Å²) in [4.78, 5) is 43.4. The van der Waals surface area contributed by atoms with Crippen molar-refractivity contribution < 1.29 is 19.2 Å². The lowest BCUT2D eigenvalue weighted by Crippen LogP contribution is -2.41. The Kier molecular flexibility index (Phi) is 4.57. The molecule has 31 heavy (non-hydrogen) atoms. The summed E-state index contributed by atoms with van der Waals surface area (Å²) in [6, 6.07) is 10.4. The highest BCUT2D eigenvalue weighted by Crippen LogP contribution is 2.48. The number of hydrogen-bond acceptors (Lipinski definition) is 6. The maximum absolute atomic E-state index is 13.6. The molecule has 3 aliphatic rings. The number of hydrogen-bond donors (Lipinski definition) is 0. The molecule has 0 spiro atoms. The number of fused-ring (bicyclic) bond motifs is 1. The number of benzene rings is 1. The van der Waals surface area contributed by atoms with Gasteiger partial charge in [-0.05, 0) is 55.0 Å². The number of non-ortho nitro benzene ring substituents is 1. The van der Waals surface area contributed by atoms with Gasteiger partial charge in [-0.15, -0.1) is 0 Å². The summed E-state index contributed by atoms with van der Waals surface area (Å²) in [6.07, 6.45) is 3.73. The van der Waals surface area contributed by atoms with E-state index in [1.807, 2.05) is 0 Å². The van der Waals surface area contributed by atoms with Crippen molar-refractivity contribution in [2.24, 2.45) is 11.8 Å². The molecule has 8 heteroatoms. The van der Waals surface area contributed by atoms with Crippen molar-refractivity contribution in [1.82, 2.24) is 4.98 Å². The molecule has 0 N–H and O–H groups in total. The molecule has 0 radical (unpaired) electrons. The summed E-state index contributed by atoms with van der Waals surface area (Å²) in [7, 11) is 0. The third-order valence-electron chi connectivity index (χ3n) is 6.43. The minimum atomic E-state index is -0.733. The maximum Gasteiger partial charge on any atom is 0.295 e. The van der Waals surface area contributed by atoms with Crippen LogP contribution in [0.25, 0.3) is 0 Å². The number of nitro benzene ring substituents is 1. The molecular weight excluding hydrogens is 398 g/mol. The number of ether oxygens (including phenoxy) is 1. The van der Waals surface area contributed by atoms with E-state index in [0.29, 0.717) is 22.9 Å². The van der Waals surface area contributed by atoms with Crippen LogP contribution in [0.3, 0.4) is 0 Å². The van der Waals surface area contributed by atoms with Crippen LogP contribution in [-0.4, -0.2) is 27.7 Å². The number of ketones is 1. The van der Waals surface area contributed by atoms with E-state index in [1.165, 1.54) is 17.0 Å². The van der Waals surface area contributed by atoms with Crippen LogP contribution in [-0.2, 0) is 14.3 Å². The number of carbonyl (C=O) groups is 2. The second-order valence-corrected chi connectivity index (χ2v) is 8.40. The van der Waals surface area contributed by atoms with Gasteiger partial charge in [-0.1, -0.05) is 13.0 Å². The summed E-state index contributed by atoms with van der Waals surface area (Å²) in [5.74, 6) is 0.167. The van der Waals surface area contributed by atoms with Crippen LogP contribution in [0.5, 0.6) is 0 Å². The number of rotatable bonds is 3. The fourth-order valence-electron chi connectivity index (χ4n) is 4.90. The van der Waals surface area contributed by atoms with Gasteiger partial charge in [0, 0.05) is 18.3 Å². The molecule has 5 rings (SSSR count). The first-order valence-corrected chi connectivity index (χ1v) is 10.4. The van der Waals surface area contributed by atoms with Gasteiger partial charge in [-0.2, -0.15) is 0 Å². The molecular formula is C23H21N3O5. The van der Waals surface area contributed by atoms with Crippen molar-refractivity contribution in [3.05, 3.63) is 75.7 Å². The molecule has 1 aromatic carbocycles. The van der Waals surface area contributed by atoms with Gasteiger partial charge < -0.3 is 4.74 Å². The zero-order valence-electron chi connectivity index (χ0n) is 16.9. The van der Waals surface area contributed by atoms with E-state index in [1.54, 1.807) is 36.5 Å². The number of amides is 1. The fourth-order valence-corrected chi connectivity index (χ4v) is 4.90. The summed E-state index contributed by atoms with van der Waals surface area (Å²) in [5.41, 5.74) is 0.882. The fraction of sp³-hybridized carbons (Fsp3) is 0.348. The summed E-state index contributed by atoms with van der Waals surface area (Å²) in [6.45, 7) is 2.13. The number of nitrogens with zero attached hydrogens (tertiary/aromatic N) is 3.